The van der Waals surface area contributed by atoms with Crippen LogP contribution >= 0.6 is 11.8 Å². The molecule has 1 saturated carbocycles. The molecule has 3 nitrogen and oxygen atoms in total. The molecule has 1 heterocycles. The van der Waals surface area contributed by atoms with Gasteiger partial charge in [0.1, 0.15) is 5.25 Å². The van der Waals surface area contributed by atoms with Crippen molar-refractivity contribution in [3.63, 3.8) is 0 Å². The predicted octanol–water partition coefficient (Wildman–Crippen LogP) is 3.72. The van der Waals surface area contributed by atoms with Gasteiger partial charge in [0.05, 0.1) is 0 Å². The number of fused-ring (bicyclic) bond motifs is 1. The lowest BCUT2D eigenvalue weighted by molar-refractivity contribution is -0.130. The first-order valence-electron chi connectivity index (χ1n) is 9.03. The second-order valence-corrected chi connectivity index (χ2v) is 8.31. The number of benzene rings is 2. The topological polar surface area (TPSA) is 46.3 Å². The predicted molar refractivity (Wildman–Crippen MR) is 102 cm³/mol. The fourth-order valence-electron chi connectivity index (χ4n) is 4.18. The lowest BCUT2D eigenvalue weighted by Gasteiger charge is -2.25. The van der Waals surface area contributed by atoms with Gasteiger partial charge in [-0.15, -0.1) is 11.8 Å². The van der Waals surface area contributed by atoms with Gasteiger partial charge in [0.25, 0.3) is 0 Å². The Morgan fingerprint density at radius 3 is 2.36 bits per heavy atom. The summed E-state index contributed by atoms with van der Waals surface area (Å²) >= 11 is 1.64. The second kappa shape index (κ2) is 7.22. The molecule has 2 aromatic rings. The third-order valence-corrected chi connectivity index (χ3v) is 6.80. The fraction of sp³-hybridized carbons (Fsp3) is 0.381. The highest BCUT2D eigenvalue weighted by Crippen LogP contribution is 2.41. The van der Waals surface area contributed by atoms with Gasteiger partial charge < -0.3 is 10.6 Å². The quantitative estimate of drug-likeness (QED) is 0.853. The van der Waals surface area contributed by atoms with Gasteiger partial charge >= 0.3 is 0 Å². The molecule has 2 aliphatic rings. The van der Waals surface area contributed by atoms with Crippen LogP contribution in [0.2, 0.25) is 0 Å². The van der Waals surface area contributed by atoms with E-state index in [9.17, 15) is 4.79 Å². The fourth-order valence-corrected chi connectivity index (χ4v) is 5.31. The first-order chi connectivity index (χ1) is 12.2. The van der Waals surface area contributed by atoms with E-state index in [2.05, 4.69) is 29.2 Å². The Bertz CT molecular complexity index is 721. The van der Waals surface area contributed by atoms with E-state index in [4.69, 9.17) is 5.73 Å². The van der Waals surface area contributed by atoms with E-state index >= 15 is 0 Å². The van der Waals surface area contributed by atoms with Crippen LogP contribution in [0.1, 0.15) is 23.7 Å². The molecule has 2 N–H and O–H groups in total. The van der Waals surface area contributed by atoms with Crippen molar-refractivity contribution < 1.29 is 4.79 Å². The Kier molecular flexibility index (Phi) is 4.82. The van der Waals surface area contributed by atoms with Gasteiger partial charge in [-0.1, -0.05) is 48.5 Å². The van der Waals surface area contributed by atoms with Gasteiger partial charge in [0.15, 0.2) is 0 Å². The molecule has 0 bridgehead atoms. The zero-order valence-corrected chi connectivity index (χ0v) is 15.1. The molecule has 2 fully saturated rings. The molecule has 1 aliphatic carbocycles. The summed E-state index contributed by atoms with van der Waals surface area (Å²) in [6, 6.07) is 20.6. The van der Waals surface area contributed by atoms with Crippen molar-refractivity contribution in [1.82, 2.24) is 4.90 Å². The average Bonchev–Trinajstić information content (AvgIpc) is 3.23. The van der Waals surface area contributed by atoms with Crippen LogP contribution in [0.3, 0.4) is 0 Å². The normalized spacial score (nSPS) is 26.4. The standard InChI is InChI=1S/C21H24N2OS/c22-19-12-11-16-13-23(14-18(16)19)21(24)20(15-7-3-1-4-8-15)25-17-9-5-2-6-10-17/h1-10,16,18-20H,11-14,22H2. The summed E-state index contributed by atoms with van der Waals surface area (Å²) in [6.07, 6.45) is 2.27. The minimum Gasteiger partial charge on any atom is -0.341 e. The highest BCUT2D eigenvalue weighted by Gasteiger charge is 2.43. The third kappa shape index (κ3) is 3.46. The van der Waals surface area contributed by atoms with Crippen LogP contribution in [-0.2, 0) is 4.79 Å². The summed E-state index contributed by atoms with van der Waals surface area (Å²) in [4.78, 5) is 16.5. The molecule has 0 spiro atoms. The molecule has 4 unspecified atom stereocenters. The molecule has 4 atom stereocenters. The van der Waals surface area contributed by atoms with Crippen LogP contribution in [0.25, 0.3) is 0 Å². The number of hydrogen-bond acceptors (Lipinski definition) is 3. The van der Waals surface area contributed by atoms with Crippen LogP contribution < -0.4 is 5.73 Å². The number of nitrogens with zero attached hydrogens (tertiary/aromatic N) is 1. The number of hydrogen-bond donors (Lipinski definition) is 1. The SMILES string of the molecule is NC1CCC2CN(C(=O)C(Sc3ccccc3)c3ccccc3)CC12. The summed E-state index contributed by atoms with van der Waals surface area (Å²) in [6.45, 7) is 1.69. The van der Waals surface area contributed by atoms with E-state index in [0.717, 1.165) is 36.4 Å². The van der Waals surface area contributed by atoms with E-state index in [1.807, 2.05) is 36.4 Å². The molecule has 1 aliphatic heterocycles. The number of nitrogens with two attached hydrogens (primary N) is 1. The lowest BCUT2D eigenvalue weighted by atomic mass is 9.98. The van der Waals surface area contributed by atoms with Gasteiger partial charge in [0, 0.05) is 24.0 Å². The van der Waals surface area contributed by atoms with E-state index in [0.29, 0.717) is 11.8 Å². The summed E-state index contributed by atoms with van der Waals surface area (Å²) in [7, 11) is 0. The lowest BCUT2D eigenvalue weighted by Crippen LogP contribution is -2.35. The van der Waals surface area contributed by atoms with Crippen LogP contribution in [0, 0.1) is 11.8 Å². The van der Waals surface area contributed by atoms with Gasteiger partial charge in [-0.2, -0.15) is 0 Å². The van der Waals surface area contributed by atoms with Crippen molar-refractivity contribution in [2.45, 2.75) is 29.0 Å². The Balaban J connectivity index is 1.56. The number of thioether (sulfide) groups is 1. The number of rotatable bonds is 4. The molecule has 4 rings (SSSR count). The smallest absolute Gasteiger partial charge is 0.240 e. The number of carbonyl (C=O) groups excluding carboxylic acids is 1. The van der Waals surface area contributed by atoms with Crippen molar-refractivity contribution in [3.8, 4) is 0 Å². The molecule has 0 aromatic heterocycles. The van der Waals surface area contributed by atoms with Crippen LogP contribution in [0.5, 0.6) is 0 Å². The number of amides is 1. The maximum absolute atomic E-state index is 13.4. The summed E-state index contributed by atoms with van der Waals surface area (Å²) in [5.74, 6) is 1.31. The second-order valence-electron chi connectivity index (χ2n) is 7.13. The Hall–Kier alpha value is -1.78. The van der Waals surface area contributed by atoms with Crippen molar-refractivity contribution >= 4 is 17.7 Å². The Morgan fingerprint density at radius 2 is 1.68 bits per heavy atom. The molecule has 130 valence electrons. The van der Waals surface area contributed by atoms with Crippen LogP contribution in [-0.4, -0.2) is 29.9 Å². The first kappa shape index (κ1) is 16.7. The van der Waals surface area contributed by atoms with E-state index in [1.165, 1.54) is 0 Å². The van der Waals surface area contributed by atoms with Crippen molar-refractivity contribution in [2.75, 3.05) is 13.1 Å². The van der Waals surface area contributed by atoms with Crippen molar-refractivity contribution in [3.05, 3.63) is 66.2 Å². The maximum Gasteiger partial charge on any atom is 0.240 e. The van der Waals surface area contributed by atoms with Crippen molar-refractivity contribution in [1.29, 1.82) is 0 Å². The molecular weight excluding hydrogens is 328 g/mol. The summed E-state index contributed by atoms with van der Waals surface area (Å²) in [5, 5.41) is -0.196. The number of likely N-dealkylation sites (tertiary alicyclic amines) is 1. The zero-order valence-electron chi connectivity index (χ0n) is 14.3. The average molecular weight is 353 g/mol. The molecule has 1 amide bonds. The Labute approximate surface area is 153 Å². The molecule has 1 saturated heterocycles. The highest BCUT2D eigenvalue weighted by atomic mass is 32.2. The first-order valence-corrected chi connectivity index (χ1v) is 9.91. The van der Waals surface area contributed by atoms with Gasteiger partial charge in [0.2, 0.25) is 5.91 Å². The van der Waals surface area contributed by atoms with Crippen LogP contribution in [0.15, 0.2) is 65.6 Å². The van der Waals surface area contributed by atoms with Gasteiger partial charge in [-0.3, -0.25) is 4.79 Å². The molecule has 0 radical (unpaired) electrons. The summed E-state index contributed by atoms with van der Waals surface area (Å²) in [5.41, 5.74) is 7.32. The molecule has 2 aromatic carbocycles. The molecular formula is C21H24N2OS. The van der Waals surface area contributed by atoms with Gasteiger partial charge in [-0.25, -0.2) is 0 Å². The van der Waals surface area contributed by atoms with Crippen LogP contribution in [0.4, 0.5) is 0 Å². The minimum atomic E-state index is -0.196. The third-order valence-electron chi connectivity index (χ3n) is 5.55. The molecule has 4 heteroatoms. The Morgan fingerprint density at radius 1 is 1.00 bits per heavy atom. The monoisotopic (exact) mass is 352 g/mol. The van der Waals surface area contributed by atoms with E-state index in [-0.39, 0.29) is 17.2 Å². The summed E-state index contributed by atoms with van der Waals surface area (Å²) < 4.78 is 0. The van der Waals surface area contributed by atoms with E-state index < -0.39 is 0 Å². The largest absolute Gasteiger partial charge is 0.341 e. The maximum atomic E-state index is 13.4. The van der Waals surface area contributed by atoms with E-state index in [1.54, 1.807) is 11.8 Å². The highest BCUT2D eigenvalue weighted by molar-refractivity contribution is 8.00. The van der Waals surface area contributed by atoms with Gasteiger partial charge in [-0.05, 0) is 42.4 Å². The van der Waals surface area contributed by atoms with Crippen molar-refractivity contribution in [2.24, 2.45) is 17.6 Å². The number of carbonyl (C=O) groups is 1. The molecule has 25 heavy (non-hydrogen) atoms. The zero-order chi connectivity index (χ0) is 17.2. The minimum absolute atomic E-state index is 0.196.